The Kier molecular flexibility index (Phi) is 3.94. The summed E-state index contributed by atoms with van der Waals surface area (Å²) in [6.07, 6.45) is 8.20. The van der Waals surface area contributed by atoms with Crippen LogP contribution in [-0.2, 0) is 6.54 Å². The molecule has 2 saturated carbocycles. The van der Waals surface area contributed by atoms with Crippen molar-refractivity contribution in [3.8, 4) is 0 Å². The molecular weight excluding hydrogens is 258 g/mol. The highest BCUT2D eigenvalue weighted by molar-refractivity contribution is 6.31. The number of anilines is 1. The Hall–Kier alpha value is -0.800. The molecule has 3 rings (SSSR count). The summed E-state index contributed by atoms with van der Waals surface area (Å²) in [5, 5.41) is 4.31. The monoisotopic (exact) mass is 279 g/mol. The molecule has 4 heteroatoms. The van der Waals surface area contributed by atoms with Crippen LogP contribution < -0.4 is 10.2 Å². The van der Waals surface area contributed by atoms with Gasteiger partial charge in [0.25, 0.3) is 0 Å². The first-order valence-corrected chi connectivity index (χ1v) is 7.80. The number of halogens is 1. The Bertz CT molecular complexity index is 441. The molecule has 1 aromatic rings. The number of hydrogen-bond donors (Lipinski definition) is 1. The third kappa shape index (κ3) is 3.40. The summed E-state index contributed by atoms with van der Waals surface area (Å²) in [6, 6.07) is 3.59. The Morgan fingerprint density at radius 2 is 2.16 bits per heavy atom. The first-order chi connectivity index (χ1) is 9.28. The highest BCUT2D eigenvalue weighted by Gasteiger charge is 2.29. The molecule has 2 fully saturated rings. The number of pyridine rings is 1. The molecule has 0 saturated heterocycles. The quantitative estimate of drug-likeness (QED) is 0.829. The Labute approximate surface area is 120 Å². The van der Waals surface area contributed by atoms with E-state index in [2.05, 4.69) is 28.2 Å². The fourth-order valence-corrected chi connectivity index (χ4v) is 2.58. The zero-order chi connectivity index (χ0) is 13.2. The molecule has 0 radical (unpaired) electrons. The molecule has 19 heavy (non-hydrogen) atoms. The van der Waals surface area contributed by atoms with Gasteiger partial charge in [0.05, 0.1) is 5.02 Å². The van der Waals surface area contributed by atoms with Crippen molar-refractivity contribution >= 4 is 17.4 Å². The van der Waals surface area contributed by atoms with Crippen LogP contribution in [0.4, 0.5) is 5.82 Å². The largest absolute Gasteiger partial charge is 0.354 e. The van der Waals surface area contributed by atoms with E-state index in [1.807, 2.05) is 6.20 Å². The van der Waals surface area contributed by atoms with Gasteiger partial charge in [-0.25, -0.2) is 4.98 Å². The van der Waals surface area contributed by atoms with Crippen LogP contribution in [0, 0.1) is 0 Å². The van der Waals surface area contributed by atoms with Crippen molar-refractivity contribution in [2.45, 2.75) is 57.7 Å². The van der Waals surface area contributed by atoms with Gasteiger partial charge in [0.1, 0.15) is 5.82 Å². The first-order valence-electron chi connectivity index (χ1n) is 7.42. The molecule has 2 aliphatic rings. The standard InChI is InChI=1S/C15H22ClN3/c1-2-7-19(13-5-6-13)15-8-11(14(16)10-18-15)9-17-12-3-4-12/h8,10,12-13,17H,2-7,9H2,1H3. The van der Waals surface area contributed by atoms with Crippen LogP contribution in [0.2, 0.25) is 5.02 Å². The minimum absolute atomic E-state index is 0.706. The maximum absolute atomic E-state index is 6.26. The van der Waals surface area contributed by atoms with E-state index >= 15 is 0 Å². The van der Waals surface area contributed by atoms with Crippen molar-refractivity contribution in [3.05, 3.63) is 22.8 Å². The van der Waals surface area contributed by atoms with Gasteiger partial charge in [-0.2, -0.15) is 0 Å². The molecule has 1 aromatic heterocycles. The van der Waals surface area contributed by atoms with Crippen LogP contribution in [0.25, 0.3) is 0 Å². The molecule has 0 aromatic carbocycles. The van der Waals surface area contributed by atoms with Gasteiger partial charge in [0.2, 0.25) is 0 Å². The summed E-state index contributed by atoms with van der Waals surface area (Å²) in [6.45, 7) is 4.18. The fourth-order valence-electron chi connectivity index (χ4n) is 2.41. The topological polar surface area (TPSA) is 28.2 Å². The summed E-state index contributed by atoms with van der Waals surface area (Å²) in [7, 11) is 0. The lowest BCUT2D eigenvalue weighted by molar-refractivity contribution is 0.685. The van der Waals surface area contributed by atoms with E-state index in [1.165, 1.54) is 31.2 Å². The van der Waals surface area contributed by atoms with Crippen LogP contribution in [0.1, 0.15) is 44.6 Å². The molecule has 0 atom stereocenters. The van der Waals surface area contributed by atoms with Gasteiger partial charge in [-0.3, -0.25) is 0 Å². The van der Waals surface area contributed by atoms with Gasteiger partial charge < -0.3 is 10.2 Å². The van der Waals surface area contributed by atoms with Gasteiger partial charge in [-0.1, -0.05) is 18.5 Å². The van der Waals surface area contributed by atoms with E-state index in [1.54, 1.807) is 0 Å². The van der Waals surface area contributed by atoms with E-state index in [0.29, 0.717) is 12.1 Å². The van der Waals surface area contributed by atoms with E-state index < -0.39 is 0 Å². The highest BCUT2D eigenvalue weighted by atomic mass is 35.5. The molecule has 2 aliphatic carbocycles. The molecule has 0 unspecified atom stereocenters. The van der Waals surface area contributed by atoms with E-state index in [4.69, 9.17) is 11.6 Å². The van der Waals surface area contributed by atoms with Gasteiger partial charge in [-0.05, 0) is 43.7 Å². The highest BCUT2D eigenvalue weighted by Crippen LogP contribution is 2.32. The van der Waals surface area contributed by atoms with Crippen molar-refractivity contribution < 1.29 is 0 Å². The number of rotatable bonds is 7. The van der Waals surface area contributed by atoms with Crippen LogP contribution in [0.5, 0.6) is 0 Å². The maximum Gasteiger partial charge on any atom is 0.129 e. The third-order valence-corrected chi connectivity index (χ3v) is 4.17. The minimum Gasteiger partial charge on any atom is -0.354 e. The van der Waals surface area contributed by atoms with E-state index in [0.717, 1.165) is 30.4 Å². The van der Waals surface area contributed by atoms with Gasteiger partial charge in [0.15, 0.2) is 0 Å². The zero-order valence-corrected chi connectivity index (χ0v) is 12.3. The summed E-state index contributed by atoms with van der Waals surface area (Å²) in [4.78, 5) is 6.97. The van der Waals surface area contributed by atoms with Crippen molar-refractivity contribution in [1.82, 2.24) is 10.3 Å². The SMILES string of the molecule is CCCN(c1cc(CNC2CC2)c(Cl)cn1)C1CC1. The Morgan fingerprint density at radius 3 is 2.79 bits per heavy atom. The predicted octanol–water partition coefficient (Wildman–Crippen LogP) is 3.37. The molecule has 0 amide bonds. The minimum atomic E-state index is 0.706. The van der Waals surface area contributed by atoms with Crippen molar-refractivity contribution in [3.63, 3.8) is 0 Å². The molecule has 104 valence electrons. The predicted molar refractivity (Wildman–Crippen MR) is 79.8 cm³/mol. The lowest BCUT2D eigenvalue weighted by atomic mass is 10.2. The average Bonchev–Trinajstić information content (AvgIpc) is 3.28. The number of nitrogens with zero attached hydrogens (tertiary/aromatic N) is 2. The van der Waals surface area contributed by atoms with Gasteiger partial charge in [-0.15, -0.1) is 0 Å². The summed E-state index contributed by atoms with van der Waals surface area (Å²) in [5.41, 5.74) is 1.18. The normalized spacial score (nSPS) is 18.6. The van der Waals surface area contributed by atoms with Crippen LogP contribution >= 0.6 is 11.6 Å². The van der Waals surface area contributed by atoms with Gasteiger partial charge in [0, 0.05) is 31.4 Å². The summed E-state index contributed by atoms with van der Waals surface area (Å²) < 4.78 is 0. The number of hydrogen-bond acceptors (Lipinski definition) is 3. The smallest absolute Gasteiger partial charge is 0.129 e. The second-order valence-corrected chi connectivity index (χ2v) is 6.12. The van der Waals surface area contributed by atoms with Crippen LogP contribution in [0.3, 0.4) is 0 Å². The second-order valence-electron chi connectivity index (χ2n) is 5.71. The first kappa shape index (κ1) is 13.2. The number of aromatic nitrogens is 1. The average molecular weight is 280 g/mol. The Morgan fingerprint density at radius 1 is 1.37 bits per heavy atom. The molecular formula is C15H22ClN3. The molecule has 0 bridgehead atoms. The maximum atomic E-state index is 6.26. The van der Waals surface area contributed by atoms with Crippen LogP contribution in [-0.4, -0.2) is 23.6 Å². The fraction of sp³-hybridized carbons (Fsp3) is 0.667. The van der Waals surface area contributed by atoms with Crippen LogP contribution in [0.15, 0.2) is 12.3 Å². The molecule has 1 heterocycles. The lowest BCUT2D eigenvalue weighted by Gasteiger charge is -2.23. The van der Waals surface area contributed by atoms with Gasteiger partial charge >= 0.3 is 0 Å². The second kappa shape index (κ2) is 5.68. The molecule has 0 spiro atoms. The van der Waals surface area contributed by atoms with Crippen molar-refractivity contribution in [2.24, 2.45) is 0 Å². The van der Waals surface area contributed by atoms with Crippen molar-refractivity contribution in [2.75, 3.05) is 11.4 Å². The molecule has 3 nitrogen and oxygen atoms in total. The number of nitrogens with one attached hydrogen (secondary N) is 1. The molecule has 0 aliphatic heterocycles. The Balaban J connectivity index is 1.73. The van der Waals surface area contributed by atoms with E-state index in [-0.39, 0.29) is 0 Å². The third-order valence-electron chi connectivity index (χ3n) is 3.83. The molecule has 1 N–H and O–H groups in total. The zero-order valence-electron chi connectivity index (χ0n) is 11.5. The summed E-state index contributed by atoms with van der Waals surface area (Å²) in [5.74, 6) is 1.10. The van der Waals surface area contributed by atoms with E-state index in [9.17, 15) is 0 Å². The lowest BCUT2D eigenvalue weighted by Crippen LogP contribution is -2.27. The summed E-state index contributed by atoms with van der Waals surface area (Å²) >= 11 is 6.26. The van der Waals surface area contributed by atoms with Crippen molar-refractivity contribution in [1.29, 1.82) is 0 Å².